The lowest BCUT2D eigenvalue weighted by Gasteiger charge is -2.32. The highest BCUT2D eigenvalue weighted by atomic mass is 16.4. The summed E-state index contributed by atoms with van der Waals surface area (Å²) in [5.74, 6) is -0.148. The van der Waals surface area contributed by atoms with E-state index in [1.54, 1.807) is 0 Å². The van der Waals surface area contributed by atoms with E-state index in [2.05, 4.69) is 24.3 Å². The first-order chi connectivity index (χ1) is 14.6. The van der Waals surface area contributed by atoms with Gasteiger partial charge in [-0.3, -0.25) is 9.59 Å². The summed E-state index contributed by atoms with van der Waals surface area (Å²) in [5, 5.41) is 10.9. The summed E-state index contributed by atoms with van der Waals surface area (Å²) in [5.41, 5.74) is 3.29. The smallest absolute Gasteiger partial charge is 0.303 e. The Morgan fingerprint density at radius 3 is 2.33 bits per heavy atom. The van der Waals surface area contributed by atoms with Crippen LogP contribution in [0.4, 0.5) is 0 Å². The number of rotatable bonds is 6. The largest absolute Gasteiger partial charge is 0.481 e. The average molecular weight is 402 g/mol. The summed E-state index contributed by atoms with van der Waals surface area (Å²) in [6.07, 6.45) is 3.61. The number of carbonyl (C=O) groups is 2. The molecule has 1 fully saturated rings. The lowest BCUT2D eigenvalue weighted by Crippen LogP contribution is -2.38. The third-order valence-electron chi connectivity index (χ3n) is 6.11. The van der Waals surface area contributed by atoms with Crippen LogP contribution >= 0.6 is 0 Å². The molecule has 0 atom stereocenters. The Balaban J connectivity index is 1.36. The first kappa shape index (κ1) is 20.1. The van der Waals surface area contributed by atoms with Crippen molar-refractivity contribution in [2.75, 3.05) is 13.1 Å². The predicted molar refractivity (Wildman–Crippen MR) is 119 cm³/mol. The van der Waals surface area contributed by atoms with Crippen LogP contribution in [0.5, 0.6) is 0 Å². The van der Waals surface area contributed by atoms with Crippen molar-refractivity contribution in [3.05, 3.63) is 83.4 Å². The van der Waals surface area contributed by atoms with Crippen molar-refractivity contribution in [3.8, 4) is 0 Å². The molecule has 1 N–H and O–H groups in total. The second kappa shape index (κ2) is 9.12. The molecule has 1 heterocycles. The topological polar surface area (TPSA) is 57.6 Å². The van der Waals surface area contributed by atoms with Crippen molar-refractivity contribution in [1.82, 2.24) is 4.90 Å². The number of hydrogen-bond acceptors (Lipinski definition) is 2. The van der Waals surface area contributed by atoms with Gasteiger partial charge in [-0.25, -0.2) is 0 Å². The molecule has 0 aromatic heterocycles. The van der Waals surface area contributed by atoms with Gasteiger partial charge in [-0.1, -0.05) is 60.7 Å². The third kappa shape index (κ3) is 4.54. The molecule has 1 aliphatic rings. The highest BCUT2D eigenvalue weighted by Gasteiger charge is 2.25. The highest BCUT2D eigenvalue weighted by molar-refractivity contribution is 6.07. The molecular weight excluding hydrogens is 374 g/mol. The molecule has 0 bridgehead atoms. The van der Waals surface area contributed by atoms with Crippen LogP contribution in [0.25, 0.3) is 10.8 Å². The quantitative estimate of drug-likeness (QED) is 0.612. The molecule has 0 saturated carbocycles. The summed E-state index contributed by atoms with van der Waals surface area (Å²) in [7, 11) is 0. The molecule has 0 spiro atoms. The van der Waals surface area contributed by atoms with E-state index in [-0.39, 0.29) is 12.3 Å². The number of carboxylic acid groups (broad SMARTS) is 1. The Labute approximate surface area is 177 Å². The summed E-state index contributed by atoms with van der Waals surface area (Å²) < 4.78 is 0. The summed E-state index contributed by atoms with van der Waals surface area (Å²) in [4.78, 5) is 25.8. The minimum Gasteiger partial charge on any atom is -0.481 e. The summed E-state index contributed by atoms with van der Waals surface area (Å²) in [6.45, 7) is 1.54. The molecule has 4 rings (SSSR count). The van der Waals surface area contributed by atoms with Gasteiger partial charge in [0.15, 0.2) is 0 Å². The third-order valence-corrected chi connectivity index (χ3v) is 6.11. The van der Waals surface area contributed by atoms with Crippen LogP contribution in [0, 0.1) is 0 Å². The van der Waals surface area contributed by atoms with Crippen LogP contribution in [-0.2, 0) is 11.2 Å². The molecule has 3 aromatic rings. The fourth-order valence-electron chi connectivity index (χ4n) is 4.40. The van der Waals surface area contributed by atoms with E-state index in [1.165, 1.54) is 11.1 Å². The van der Waals surface area contributed by atoms with E-state index in [4.69, 9.17) is 5.11 Å². The average Bonchev–Trinajstić information content (AvgIpc) is 2.78. The number of carboxylic acids is 1. The Morgan fingerprint density at radius 2 is 1.60 bits per heavy atom. The molecule has 0 radical (unpaired) electrons. The number of fused-ring (bicyclic) bond motifs is 1. The van der Waals surface area contributed by atoms with E-state index in [0.29, 0.717) is 12.3 Å². The molecular formula is C26H27NO3. The Hall–Kier alpha value is -3.14. The van der Waals surface area contributed by atoms with E-state index < -0.39 is 5.97 Å². The summed E-state index contributed by atoms with van der Waals surface area (Å²) in [6, 6.07) is 22.6. The van der Waals surface area contributed by atoms with Crippen molar-refractivity contribution < 1.29 is 14.7 Å². The SMILES string of the molecule is O=C(O)CCCc1ccc(C2CCN(C(=O)c3cccc4ccccc34)CC2)cc1. The first-order valence-electron chi connectivity index (χ1n) is 10.7. The van der Waals surface area contributed by atoms with Crippen LogP contribution in [0.1, 0.15) is 53.1 Å². The molecule has 4 heteroatoms. The van der Waals surface area contributed by atoms with Crippen LogP contribution < -0.4 is 0 Å². The number of aryl methyl sites for hydroxylation is 1. The van der Waals surface area contributed by atoms with Crippen molar-refractivity contribution >= 4 is 22.6 Å². The second-order valence-electron chi connectivity index (χ2n) is 8.08. The van der Waals surface area contributed by atoms with Gasteiger partial charge in [-0.15, -0.1) is 0 Å². The molecule has 1 saturated heterocycles. The number of aliphatic carboxylic acids is 1. The van der Waals surface area contributed by atoms with Gasteiger partial charge in [-0.2, -0.15) is 0 Å². The van der Waals surface area contributed by atoms with Gasteiger partial charge in [-0.05, 0) is 59.6 Å². The fourth-order valence-corrected chi connectivity index (χ4v) is 4.40. The molecule has 4 nitrogen and oxygen atoms in total. The fraction of sp³-hybridized carbons (Fsp3) is 0.308. The monoisotopic (exact) mass is 401 g/mol. The Bertz CT molecular complexity index is 1030. The number of carbonyl (C=O) groups excluding carboxylic acids is 1. The minimum absolute atomic E-state index is 0.124. The molecule has 0 aliphatic carbocycles. The highest BCUT2D eigenvalue weighted by Crippen LogP contribution is 2.30. The number of hydrogen-bond donors (Lipinski definition) is 1. The van der Waals surface area contributed by atoms with Gasteiger partial charge in [0.1, 0.15) is 0 Å². The van der Waals surface area contributed by atoms with Crippen molar-refractivity contribution in [2.45, 2.75) is 38.0 Å². The first-order valence-corrected chi connectivity index (χ1v) is 10.7. The lowest BCUT2D eigenvalue weighted by atomic mass is 9.88. The number of piperidine rings is 1. The maximum Gasteiger partial charge on any atom is 0.303 e. The normalized spacial score (nSPS) is 14.7. The Kier molecular flexibility index (Phi) is 6.12. The zero-order valence-corrected chi connectivity index (χ0v) is 17.1. The zero-order valence-electron chi connectivity index (χ0n) is 17.1. The zero-order chi connectivity index (χ0) is 20.9. The molecule has 0 unspecified atom stereocenters. The van der Waals surface area contributed by atoms with Crippen LogP contribution in [-0.4, -0.2) is 35.0 Å². The molecule has 154 valence electrons. The van der Waals surface area contributed by atoms with Gasteiger partial charge < -0.3 is 10.0 Å². The van der Waals surface area contributed by atoms with Crippen LogP contribution in [0.15, 0.2) is 66.7 Å². The number of likely N-dealkylation sites (tertiary alicyclic amines) is 1. The van der Waals surface area contributed by atoms with Gasteiger partial charge in [0.25, 0.3) is 5.91 Å². The molecule has 1 aliphatic heterocycles. The maximum atomic E-state index is 13.1. The number of benzene rings is 3. The second-order valence-corrected chi connectivity index (χ2v) is 8.08. The summed E-state index contributed by atoms with van der Waals surface area (Å²) >= 11 is 0. The molecule has 1 amide bonds. The van der Waals surface area contributed by atoms with Crippen LogP contribution in [0.2, 0.25) is 0 Å². The Morgan fingerprint density at radius 1 is 0.900 bits per heavy atom. The lowest BCUT2D eigenvalue weighted by molar-refractivity contribution is -0.137. The van der Waals surface area contributed by atoms with E-state index in [9.17, 15) is 9.59 Å². The van der Waals surface area contributed by atoms with E-state index in [0.717, 1.165) is 48.7 Å². The standard InChI is InChI=1S/C26H27NO3/c28-25(29)10-3-5-19-11-13-20(14-12-19)21-15-17-27(18-16-21)26(30)24-9-4-7-22-6-1-2-8-23(22)24/h1-2,4,6-9,11-14,21H,3,5,10,15-18H2,(H,28,29). The molecule has 3 aromatic carbocycles. The number of amides is 1. The van der Waals surface area contributed by atoms with Crippen LogP contribution in [0.3, 0.4) is 0 Å². The van der Waals surface area contributed by atoms with Gasteiger partial charge in [0.05, 0.1) is 0 Å². The van der Waals surface area contributed by atoms with Gasteiger partial charge in [0, 0.05) is 25.1 Å². The maximum absolute atomic E-state index is 13.1. The van der Waals surface area contributed by atoms with Crippen molar-refractivity contribution in [1.29, 1.82) is 0 Å². The van der Waals surface area contributed by atoms with E-state index in [1.807, 2.05) is 47.4 Å². The van der Waals surface area contributed by atoms with E-state index >= 15 is 0 Å². The van der Waals surface area contributed by atoms with Crippen molar-refractivity contribution in [3.63, 3.8) is 0 Å². The number of nitrogens with zero attached hydrogens (tertiary/aromatic N) is 1. The minimum atomic E-state index is -0.739. The molecule has 30 heavy (non-hydrogen) atoms. The van der Waals surface area contributed by atoms with Gasteiger partial charge >= 0.3 is 5.97 Å². The van der Waals surface area contributed by atoms with Crippen molar-refractivity contribution in [2.24, 2.45) is 0 Å². The predicted octanol–water partition coefficient (Wildman–Crippen LogP) is 5.27. The van der Waals surface area contributed by atoms with Gasteiger partial charge in [0.2, 0.25) is 0 Å².